The van der Waals surface area contributed by atoms with Crippen LogP contribution in [-0.4, -0.2) is 46.2 Å². The second-order valence-electron chi connectivity index (χ2n) is 8.67. The second-order valence-corrected chi connectivity index (χ2v) is 10.1. The van der Waals surface area contributed by atoms with Crippen molar-refractivity contribution < 1.29 is 14.4 Å². The number of benzene rings is 1. The number of hydrogen-bond donors (Lipinski definition) is 2. The Bertz CT molecular complexity index is 884. The lowest BCUT2D eigenvalue weighted by atomic mass is 9.76. The van der Waals surface area contributed by atoms with Crippen molar-refractivity contribution in [3.8, 4) is 0 Å². The smallest absolute Gasteiger partial charge is 0.250 e. The molecule has 0 saturated carbocycles. The molecule has 1 aromatic carbocycles. The summed E-state index contributed by atoms with van der Waals surface area (Å²) < 4.78 is 0. The zero-order chi connectivity index (χ0) is 20.4. The molecule has 3 aliphatic rings. The highest BCUT2D eigenvalue weighted by molar-refractivity contribution is 7.98. The summed E-state index contributed by atoms with van der Waals surface area (Å²) in [5.74, 6) is -1.27. The van der Waals surface area contributed by atoms with Crippen molar-refractivity contribution in [2.45, 2.75) is 44.3 Å². The summed E-state index contributed by atoms with van der Waals surface area (Å²) in [6, 6.07) is 4.93. The fourth-order valence-corrected chi connectivity index (χ4v) is 5.59. The van der Waals surface area contributed by atoms with Gasteiger partial charge in [-0.05, 0) is 57.4 Å². The van der Waals surface area contributed by atoms with Crippen LogP contribution in [-0.2, 0) is 19.9 Å². The largest absolute Gasteiger partial charge is 0.324 e. The first kappa shape index (κ1) is 19.7. The lowest BCUT2D eigenvalue weighted by Crippen LogP contribution is -2.55. The third-order valence-corrected chi connectivity index (χ3v) is 6.86. The van der Waals surface area contributed by atoms with E-state index < -0.39 is 22.9 Å². The van der Waals surface area contributed by atoms with Crippen LogP contribution in [0.25, 0.3) is 0 Å². The van der Waals surface area contributed by atoms with Crippen LogP contribution in [0.15, 0.2) is 18.2 Å². The minimum absolute atomic E-state index is 0.193. The molecule has 4 rings (SSSR count). The molecule has 2 N–H and O–H groups in total. The SMILES string of the molecule is CSCCC1NC2(C(=O)Nc3ccc(Cl)cc32)C2C(=O)N(C(C)(C)C)C(=O)C12. The van der Waals surface area contributed by atoms with E-state index in [1.807, 2.05) is 27.0 Å². The zero-order valence-electron chi connectivity index (χ0n) is 16.3. The summed E-state index contributed by atoms with van der Waals surface area (Å²) in [7, 11) is 0. The predicted octanol–water partition coefficient (Wildman–Crippen LogP) is 2.61. The van der Waals surface area contributed by atoms with Crippen molar-refractivity contribution in [3.63, 3.8) is 0 Å². The Morgan fingerprint density at radius 1 is 1.21 bits per heavy atom. The summed E-state index contributed by atoms with van der Waals surface area (Å²) in [4.78, 5) is 41.4. The molecule has 2 saturated heterocycles. The number of carbonyl (C=O) groups is 3. The number of thioether (sulfide) groups is 1. The third kappa shape index (κ3) is 2.56. The standard InChI is InChI=1S/C20H24ClN3O3S/c1-19(2,3)24-16(25)14-13(7-8-28-4)23-20(15(14)17(24)26)11-9-10(21)5-6-12(11)22-18(20)27/h5-6,9,13-15,23H,7-8H2,1-4H3,(H,22,27). The van der Waals surface area contributed by atoms with E-state index in [-0.39, 0.29) is 23.8 Å². The van der Waals surface area contributed by atoms with Gasteiger partial charge in [-0.3, -0.25) is 24.6 Å². The Kier molecular flexibility index (Phi) is 4.56. The zero-order valence-corrected chi connectivity index (χ0v) is 17.9. The lowest BCUT2D eigenvalue weighted by Gasteiger charge is -2.34. The van der Waals surface area contributed by atoms with Crippen LogP contribution in [0, 0.1) is 11.8 Å². The summed E-state index contributed by atoms with van der Waals surface area (Å²) in [5, 5.41) is 6.80. The highest BCUT2D eigenvalue weighted by atomic mass is 35.5. The Morgan fingerprint density at radius 2 is 1.93 bits per heavy atom. The van der Waals surface area contributed by atoms with Gasteiger partial charge in [-0.1, -0.05) is 11.6 Å². The summed E-state index contributed by atoms with van der Waals surface area (Å²) in [6.45, 7) is 5.54. The van der Waals surface area contributed by atoms with E-state index in [0.717, 1.165) is 5.75 Å². The van der Waals surface area contributed by atoms with E-state index >= 15 is 0 Å². The normalized spacial score (nSPS) is 31.5. The average Bonchev–Trinajstić information content (AvgIpc) is 3.18. The van der Waals surface area contributed by atoms with Crippen molar-refractivity contribution in [1.29, 1.82) is 0 Å². The number of fused-ring (bicyclic) bond motifs is 4. The molecule has 2 fully saturated rings. The fraction of sp³-hybridized carbons (Fsp3) is 0.550. The fourth-order valence-electron chi connectivity index (χ4n) is 4.93. The maximum Gasteiger partial charge on any atom is 0.250 e. The van der Waals surface area contributed by atoms with E-state index in [9.17, 15) is 14.4 Å². The molecule has 0 aromatic heterocycles. The molecule has 3 aliphatic heterocycles. The van der Waals surface area contributed by atoms with Crippen LogP contribution in [0.2, 0.25) is 5.02 Å². The number of anilines is 1. The van der Waals surface area contributed by atoms with Gasteiger partial charge in [-0.15, -0.1) is 0 Å². The maximum atomic E-state index is 13.5. The number of nitrogens with one attached hydrogen (secondary N) is 2. The molecule has 4 atom stereocenters. The summed E-state index contributed by atoms with van der Waals surface area (Å²) in [6.07, 6.45) is 2.70. The number of rotatable bonds is 3. The molecule has 8 heteroatoms. The van der Waals surface area contributed by atoms with Crippen molar-refractivity contribution in [3.05, 3.63) is 28.8 Å². The van der Waals surface area contributed by atoms with Gasteiger partial charge in [0.2, 0.25) is 17.7 Å². The van der Waals surface area contributed by atoms with Gasteiger partial charge in [0.1, 0.15) is 5.54 Å². The Hall–Kier alpha value is -1.57. The first-order chi connectivity index (χ1) is 13.1. The van der Waals surface area contributed by atoms with Crippen LogP contribution in [0.5, 0.6) is 0 Å². The minimum atomic E-state index is -1.26. The number of likely N-dealkylation sites (tertiary alicyclic amines) is 1. The van der Waals surface area contributed by atoms with Crippen LogP contribution in [0.1, 0.15) is 32.8 Å². The van der Waals surface area contributed by atoms with Crippen LogP contribution >= 0.6 is 23.4 Å². The van der Waals surface area contributed by atoms with Gasteiger partial charge in [0.25, 0.3) is 0 Å². The monoisotopic (exact) mass is 421 g/mol. The van der Waals surface area contributed by atoms with E-state index in [2.05, 4.69) is 10.6 Å². The van der Waals surface area contributed by atoms with Crippen molar-refractivity contribution in [1.82, 2.24) is 10.2 Å². The van der Waals surface area contributed by atoms with E-state index in [4.69, 9.17) is 11.6 Å². The third-order valence-electron chi connectivity index (χ3n) is 5.98. The molecular weight excluding hydrogens is 398 g/mol. The van der Waals surface area contributed by atoms with Crippen molar-refractivity contribution >= 4 is 46.8 Å². The number of nitrogens with zero attached hydrogens (tertiary/aromatic N) is 1. The van der Waals surface area contributed by atoms with Crippen LogP contribution < -0.4 is 10.6 Å². The van der Waals surface area contributed by atoms with Gasteiger partial charge in [-0.25, -0.2) is 0 Å². The Labute approximate surface area is 173 Å². The van der Waals surface area contributed by atoms with E-state index in [1.54, 1.807) is 30.0 Å². The van der Waals surface area contributed by atoms with Gasteiger partial charge in [0, 0.05) is 27.9 Å². The topological polar surface area (TPSA) is 78.5 Å². The molecule has 28 heavy (non-hydrogen) atoms. The highest BCUT2D eigenvalue weighted by Gasteiger charge is 2.71. The summed E-state index contributed by atoms with van der Waals surface area (Å²) >= 11 is 7.91. The Morgan fingerprint density at radius 3 is 2.57 bits per heavy atom. The number of halogens is 1. The maximum absolute atomic E-state index is 13.5. The highest BCUT2D eigenvalue weighted by Crippen LogP contribution is 2.54. The summed E-state index contributed by atoms with van der Waals surface area (Å²) in [5.41, 5.74) is -0.610. The molecule has 1 aromatic rings. The second kappa shape index (κ2) is 6.47. The first-order valence-corrected chi connectivity index (χ1v) is 11.2. The molecule has 3 heterocycles. The van der Waals surface area contributed by atoms with Crippen molar-refractivity contribution in [2.75, 3.05) is 17.3 Å². The predicted molar refractivity (Wildman–Crippen MR) is 110 cm³/mol. The number of carbonyl (C=O) groups excluding carboxylic acids is 3. The van der Waals surface area contributed by atoms with Crippen LogP contribution in [0.3, 0.4) is 0 Å². The molecule has 0 aliphatic carbocycles. The number of hydrogen-bond acceptors (Lipinski definition) is 5. The van der Waals surface area contributed by atoms with Gasteiger partial charge < -0.3 is 5.32 Å². The minimum Gasteiger partial charge on any atom is -0.324 e. The van der Waals surface area contributed by atoms with Gasteiger partial charge >= 0.3 is 0 Å². The van der Waals surface area contributed by atoms with Gasteiger partial charge in [0.15, 0.2) is 0 Å². The first-order valence-electron chi connectivity index (χ1n) is 9.39. The molecule has 150 valence electrons. The number of amides is 3. The molecule has 3 amide bonds. The van der Waals surface area contributed by atoms with Gasteiger partial charge in [-0.2, -0.15) is 11.8 Å². The molecule has 4 unspecified atom stereocenters. The van der Waals surface area contributed by atoms with Crippen LogP contribution in [0.4, 0.5) is 5.69 Å². The van der Waals surface area contributed by atoms with Gasteiger partial charge in [0.05, 0.1) is 11.8 Å². The lowest BCUT2D eigenvalue weighted by molar-refractivity contribution is -0.147. The molecular formula is C20H24ClN3O3S. The molecule has 1 spiro atoms. The number of imide groups is 1. The molecule has 6 nitrogen and oxygen atoms in total. The quantitative estimate of drug-likeness (QED) is 0.733. The molecule has 0 radical (unpaired) electrons. The molecule has 0 bridgehead atoms. The average molecular weight is 422 g/mol. The van der Waals surface area contributed by atoms with E-state index in [1.165, 1.54) is 4.90 Å². The van der Waals surface area contributed by atoms with Crippen molar-refractivity contribution in [2.24, 2.45) is 11.8 Å². The Balaban J connectivity index is 1.89. The van der Waals surface area contributed by atoms with E-state index in [0.29, 0.717) is 22.7 Å².